The molecule has 0 saturated carbocycles. The molecule has 0 aromatic heterocycles. The van der Waals surface area contributed by atoms with Crippen LogP contribution in [0.15, 0.2) is 58.3 Å². The van der Waals surface area contributed by atoms with E-state index in [0.717, 1.165) is 38.3 Å². The van der Waals surface area contributed by atoms with Gasteiger partial charge in [0.2, 0.25) is 20.0 Å². The minimum Gasteiger partial charge on any atom is -0.301 e. The zero-order valence-electron chi connectivity index (χ0n) is 20.6. The van der Waals surface area contributed by atoms with Crippen LogP contribution in [0.5, 0.6) is 0 Å². The van der Waals surface area contributed by atoms with E-state index >= 15 is 0 Å². The third-order valence-electron chi connectivity index (χ3n) is 6.05. The molecule has 2 N–H and O–H groups in total. The number of sulfonamides is 2. The van der Waals surface area contributed by atoms with Crippen LogP contribution in [0.25, 0.3) is 0 Å². The van der Waals surface area contributed by atoms with Crippen molar-refractivity contribution in [2.45, 2.75) is 22.6 Å². The van der Waals surface area contributed by atoms with Crippen molar-refractivity contribution >= 4 is 31.4 Å². The highest BCUT2D eigenvalue weighted by molar-refractivity contribution is 7.90. The first kappa shape index (κ1) is 29.5. The first-order valence-electron chi connectivity index (χ1n) is 11.9. The first-order valence-corrected chi connectivity index (χ1v) is 14.9. The Bertz CT molecular complexity index is 1240. The highest BCUT2D eigenvalue weighted by Crippen LogP contribution is 2.23. The smallest absolute Gasteiger partial charge is 0.289 e. The summed E-state index contributed by atoms with van der Waals surface area (Å²) in [4.78, 5) is 24.4. The van der Waals surface area contributed by atoms with Crippen LogP contribution in [0.1, 0.15) is 12.8 Å². The maximum atomic E-state index is 12.5. The normalized spacial score (nSPS) is 15.4. The monoisotopic (exact) mass is 570 g/mol. The quantitative estimate of drug-likeness (QED) is 0.190. The zero-order chi connectivity index (χ0) is 27.8. The number of hydrogen-bond acceptors (Lipinski definition) is 10. The number of nitrogens with zero attached hydrogens (tertiary/aromatic N) is 4. The summed E-state index contributed by atoms with van der Waals surface area (Å²) in [6.07, 6.45) is 1.07. The minimum atomic E-state index is -4.00. The molecule has 3 rings (SSSR count). The van der Waals surface area contributed by atoms with E-state index in [-0.39, 0.29) is 22.9 Å². The second-order valence-electron chi connectivity index (χ2n) is 8.64. The molecule has 0 aliphatic carbocycles. The van der Waals surface area contributed by atoms with Gasteiger partial charge in [-0.05, 0) is 38.1 Å². The molecule has 16 heteroatoms. The van der Waals surface area contributed by atoms with E-state index in [1.807, 2.05) is 0 Å². The standard InChI is InChI=1S/C22H30N6O8S2/c29-27(30)19-7-1-3-9-21(19)37(33,34)23-11-5-13-25-15-17-26(18-16-25)14-6-12-24-38(35,36)22-10-4-2-8-20(22)28(31)32/h1-4,7-10,23-24H,5-6,11-18H2. The van der Waals surface area contributed by atoms with Crippen molar-refractivity contribution in [2.75, 3.05) is 52.4 Å². The summed E-state index contributed by atoms with van der Waals surface area (Å²) in [5, 5.41) is 22.2. The molecule has 0 radical (unpaired) electrons. The molecule has 0 amide bonds. The molecule has 0 bridgehead atoms. The largest absolute Gasteiger partial charge is 0.301 e. The number of benzene rings is 2. The average Bonchev–Trinajstić information content (AvgIpc) is 2.90. The maximum absolute atomic E-state index is 12.5. The molecule has 1 aliphatic rings. The Morgan fingerprint density at radius 1 is 0.658 bits per heavy atom. The molecule has 1 saturated heterocycles. The summed E-state index contributed by atoms with van der Waals surface area (Å²) >= 11 is 0. The van der Waals surface area contributed by atoms with Gasteiger partial charge in [-0.2, -0.15) is 0 Å². The van der Waals surface area contributed by atoms with Gasteiger partial charge in [-0.1, -0.05) is 24.3 Å². The topological polar surface area (TPSA) is 185 Å². The van der Waals surface area contributed by atoms with Crippen LogP contribution in [0, 0.1) is 20.2 Å². The zero-order valence-corrected chi connectivity index (χ0v) is 22.2. The Labute approximate surface area is 221 Å². The summed E-state index contributed by atoms with van der Waals surface area (Å²) in [6.45, 7) is 4.66. The fourth-order valence-electron chi connectivity index (χ4n) is 4.08. The van der Waals surface area contributed by atoms with E-state index in [1.54, 1.807) is 0 Å². The Kier molecular flexibility index (Phi) is 10.2. The Balaban J connectivity index is 1.35. The molecule has 1 fully saturated rings. The second-order valence-corrected chi connectivity index (χ2v) is 12.1. The molecule has 208 valence electrons. The van der Waals surface area contributed by atoms with E-state index in [4.69, 9.17) is 0 Å². The van der Waals surface area contributed by atoms with E-state index < -0.39 is 41.3 Å². The lowest BCUT2D eigenvalue weighted by molar-refractivity contribution is -0.388. The molecular weight excluding hydrogens is 540 g/mol. The number of nitro benzene ring substituents is 2. The van der Waals surface area contributed by atoms with E-state index in [1.165, 1.54) is 36.4 Å². The van der Waals surface area contributed by atoms with Crippen molar-refractivity contribution in [3.63, 3.8) is 0 Å². The Hall–Kier alpha value is -3.02. The van der Waals surface area contributed by atoms with Crippen molar-refractivity contribution in [2.24, 2.45) is 0 Å². The fraction of sp³-hybridized carbons (Fsp3) is 0.455. The number of piperazine rings is 1. The van der Waals surface area contributed by atoms with Crippen molar-refractivity contribution in [3.8, 4) is 0 Å². The lowest BCUT2D eigenvalue weighted by Gasteiger charge is -2.34. The molecular formula is C22H30N6O8S2. The highest BCUT2D eigenvalue weighted by atomic mass is 32.2. The first-order chi connectivity index (χ1) is 18.0. The minimum absolute atomic E-state index is 0.147. The van der Waals surface area contributed by atoms with Crippen LogP contribution >= 0.6 is 0 Å². The van der Waals surface area contributed by atoms with Crippen LogP contribution in [0.3, 0.4) is 0 Å². The average molecular weight is 571 g/mol. The molecule has 0 unspecified atom stereocenters. The molecule has 0 atom stereocenters. The lowest BCUT2D eigenvalue weighted by Crippen LogP contribution is -2.47. The fourth-order valence-corrected chi connectivity index (χ4v) is 6.57. The van der Waals surface area contributed by atoms with Crippen molar-refractivity contribution in [3.05, 3.63) is 68.8 Å². The van der Waals surface area contributed by atoms with Crippen LogP contribution in [-0.2, 0) is 20.0 Å². The van der Waals surface area contributed by atoms with Gasteiger partial charge in [0.25, 0.3) is 11.4 Å². The highest BCUT2D eigenvalue weighted by Gasteiger charge is 2.26. The molecule has 2 aromatic rings. The second kappa shape index (κ2) is 13.2. The van der Waals surface area contributed by atoms with Crippen LogP contribution in [0.4, 0.5) is 11.4 Å². The van der Waals surface area contributed by atoms with Gasteiger partial charge in [-0.3, -0.25) is 20.2 Å². The number of rotatable bonds is 14. The molecule has 14 nitrogen and oxygen atoms in total. The van der Waals surface area contributed by atoms with Gasteiger partial charge in [-0.25, -0.2) is 26.3 Å². The van der Waals surface area contributed by atoms with Crippen molar-refractivity contribution in [1.29, 1.82) is 0 Å². The van der Waals surface area contributed by atoms with Gasteiger partial charge in [-0.15, -0.1) is 0 Å². The van der Waals surface area contributed by atoms with Crippen LogP contribution in [0.2, 0.25) is 0 Å². The number of nitrogens with one attached hydrogen (secondary N) is 2. The maximum Gasteiger partial charge on any atom is 0.289 e. The number of nitro groups is 2. The third kappa shape index (κ3) is 7.99. The van der Waals surface area contributed by atoms with E-state index in [2.05, 4.69) is 19.2 Å². The Morgan fingerprint density at radius 3 is 1.34 bits per heavy atom. The van der Waals surface area contributed by atoms with Crippen molar-refractivity contribution in [1.82, 2.24) is 19.2 Å². The SMILES string of the molecule is O=[N+]([O-])c1ccccc1S(=O)(=O)NCCCN1CCN(CCCNS(=O)(=O)c2ccccc2[N+](=O)[O-])CC1. The third-order valence-corrected chi connectivity index (χ3v) is 9.07. The summed E-state index contributed by atoms with van der Waals surface area (Å²) in [5.74, 6) is 0. The molecule has 1 aliphatic heterocycles. The number of hydrogen-bond donors (Lipinski definition) is 2. The van der Waals surface area contributed by atoms with E-state index in [0.29, 0.717) is 25.9 Å². The molecule has 38 heavy (non-hydrogen) atoms. The van der Waals surface area contributed by atoms with Gasteiger partial charge >= 0.3 is 0 Å². The summed E-state index contributed by atoms with van der Waals surface area (Å²) in [7, 11) is -7.99. The van der Waals surface area contributed by atoms with Gasteiger partial charge < -0.3 is 9.80 Å². The predicted octanol–water partition coefficient (Wildman–Crippen LogP) is 1.16. The van der Waals surface area contributed by atoms with Gasteiger partial charge in [0.05, 0.1) is 9.85 Å². The van der Waals surface area contributed by atoms with Crippen LogP contribution < -0.4 is 9.44 Å². The summed E-state index contributed by atoms with van der Waals surface area (Å²) in [5.41, 5.74) is -0.935. The van der Waals surface area contributed by atoms with Crippen LogP contribution in [-0.4, -0.2) is 88.8 Å². The number of para-hydroxylation sites is 2. The molecule has 1 heterocycles. The molecule has 2 aromatic carbocycles. The van der Waals surface area contributed by atoms with E-state index in [9.17, 15) is 37.1 Å². The summed E-state index contributed by atoms with van der Waals surface area (Å²) < 4.78 is 54.7. The summed E-state index contributed by atoms with van der Waals surface area (Å²) in [6, 6.07) is 10.4. The van der Waals surface area contributed by atoms with Crippen molar-refractivity contribution < 1.29 is 26.7 Å². The molecule has 0 spiro atoms. The van der Waals surface area contributed by atoms with Gasteiger partial charge in [0.15, 0.2) is 9.79 Å². The Morgan fingerprint density at radius 2 is 1.00 bits per heavy atom. The lowest BCUT2D eigenvalue weighted by atomic mass is 10.2. The van der Waals surface area contributed by atoms with Gasteiger partial charge in [0, 0.05) is 51.4 Å². The predicted molar refractivity (Wildman–Crippen MR) is 139 cm³/mol. The van der Waals surface area contributed by atoms with Gasteiger partial charge in [0.1, 0.15) is 0 Å².